The van der Waals surface area contributed by atoms with Gasteiger partial charge in [0.15, 0.2) is 0 Å². The van der Waals surface area contributed by atoms with Gasteiger partial charge in [0.25, 0.3) is 0 Å². The van der Waals surface area contributed by atoms with Crippen LogP contribution in [0.3, 0.4) is 0 Å². The van der Waals surface area contributed by atoms with Crippen molar-refractivity contribution in [2.75, 3.05) is 13.7 Å². The molecular weight excluding hydrogens is 166 g/mol. The summed E-state index contributed by atoms with van der Waals surface area (Å²) in [5.41, 5.74) is 0. The minimum atomic E-state index is 0.391. The summed E-state index contributed by atoms with van der Waals surface area (Å²) in [5, 5.41) is 3.81. The highest BCUT2D eigenvalue weighted by Gasteiger charge is 2.23. The normalized spacial score (nSPS) is 29.8. The molecule has 0 aromatic heterocycles. The van der Waals surface area contributed by atoms with Gasteiger partial charge < -0.3 is 9.57 Å². The number of nitrogens with zero attached hydrogens (tertiary/aromatic N) is 1. The lowest BCUT2D eigenvalue weighted by molar-refractivity contribution is -0.0220. The van der Waals surface area contributed by atoms with Gasteiger partial charge in [0, 0.05) is 18.7 Å². The molecule has 3 heteroatoms. The molecule has 2 unspecified atom stereocenters. The van der Waals surface area contributed by atoms with Crippen molar-refractivity contribution >= 4 is 6.21 Å². The molecule has 0 aliphatic carbocycles. The van der Waals surface area contributed by atoms with Gasteiger partial charge in [-0.15, -0.1) is 0 Å². The van der Waals surface area contributed by atoms with E-state index in [1.165, 1.54) is 0 Å². The standard InChI is InChI=1S/C10H19NO2/c1-8(2)10-6-9(4-5-13-10)7-11-12-3/h7-10H,4-6H2,1-3H3/b11-7+. The molecular formula is C10H19NO2. The van der Waals surface area contributed by atoms with Crippen LogP contribution in [0.2, 0.25) is 0 Å². The first-order valence-electron chi connectivity index (χ1n) is 4.92. The number of hydrogen-bond donors (Lipinski definition) is 0. The van der Waals surface area contributed by atoms with E-state index in [1.54, 1.807) is 7.11 Å². The summed E-state index contributed by atoms with van der Waals surface area (Å²) in [6.45, 7) is 5.24. The van der Waals surface area contributed by atoms with E-state index >= 15 is 0 Å². The van der Waals surface area contributed by atoms with E-state index in [4.69, 9.17) is 4.74 Å². The van der Waals surface area contributed by atoms with Crippen LogP contribution >= 0.6 is 0 Å². The number of ether oxygens (including phenoxy) is 1. The second kappa shape index (κ2) is 5.22. The summed E-state index contributed by atoms with van der Waals surface area (Å²) >= 11 is 0. The van der Waals surface area contributed by atoms with Crippen molar-refractivity contribution < 1.29 is 9.57 Å². The van der Waals surface area contributed by atoms with Crippen LogP contribution in [0.5, 0.6) is 0 Å². The largest absolute Gasteiger partial charge is 0.399 e. The highest BCUT2D eigenvalue weighted by atomic mass is 16.6. The Balaban J connectivity index is 2.37. The summed E-state index contributed by atoms with van der Waals surface area (Å²) in [7, 11) is 1.58. The summed E-state index contributed by atoms with van der Waals surface area (Å²) in [6, 6.07) is 0. The van der Waals surface area contributed by atoms with Gasteiger partial charge in [-0.2, -0.15) is 0 Å². The van der Waals surface area contributed by atoms with Crippen molar-refractivity contribution in [2.45, 2.75) is 32.8 Å². The minimum Gasteiger partial charge on any atom is -0.399 e. The summed E-state index contributed by atoms with van der Waals surface area (Å²) < 4.78 is 5.65. The zero-order valence-electron chi connectivity index (χ0n) is 8.69. The summed E-state index contributed by atoms with van der Waals surface area (Å²) in [6.07, 6.45) is 4.43. The molecule has 13 heavy (non-hydrogen) atoms. The zero-order chi connectivity index (χ0) is 9.68. The van der Waals surface area contributed by atoms with E-state index in [0.717, 1.165) is 19.4 Å². The van der Waals surface area contributed by atoms with Crippen molar-refractivity contribution in [1.29, 1.82) is 0 Å². The molecule has 1 fully saturated rings. The lowest BCUT2D eigenvalue weighted by Gasteiger charge is -2.29. The maximum absolute atomic E-state index is 5.65. The van der Waals surface area contributed by atoms with Crippen molar-refractivity contribution in [3.8, 4) is 0 Å². The molecule has 0 saturated carbocycles. The fourth-order valence-corrected chi connectivity index (χ4v) is 1.60. The first-order valence-corrected chi connectivity index (χ1v) is 4.92. The molecule has 1 aliphatic heterocycles. The highest BCUT2D eigenvalue weighted by Crippen LogP contribution is 2.23. The lowest BCUT2D eigenvalue weighted by atomic mass is 9.91. The van der Waals surface area contributed by atoms with E-state index in [9.17, 15) is 0 Å². The van der Waals surface area contributed by atoms with Crippen LogP contribution in [0, 0.1) is 11.8 Å². The molecule has 0 aromatic carbocycles. The molecule has 1 rings (SSSR count). The molecule has 0 aromatic rings. The van der Waals surface area contributed by atoms with Gasteiger partial charge in [0.2, 0.25) is 0 Å². The Morgan fingerprint density at radius 2 is 2.31 bits per heavy atom. The molecule has 0 radical (unpaired) electrons. The molecule has 76 valence electrons. The third kappa shape index (κ3) is 3.35. The predicted molar refractivity (Wildman–Crippen MR) is 52.8 cm³/mol. The highest BCUT2D eigenvalue weighted by molar-refractivity contribution is 5.60. The smallest absolute Gasteiger partial charge is 0.106 e. The topological polar surface area (TPSA) is 30.8 Å². The van der Waals surface area contributed by atoms with Crippen molar-refractivity contribution in [1.82, 2.24) is 0 Å². The Labute approximate surface area is 80.1 Å². The van der Waals surface area contributed by atoms with Gasteiger partial charge in [0.05, 0.1) is 6.10 Å². The van der Waals surface area contributed by atoms with Crippen LogP contribution < -0.4 is 0 Å². The fourth-order valence-electron chi connectivity index (χ4n) is 1.60. The quantitative estimate of drug-likeness (QED) is 0.498. The van der Waals surface area contributed by atoms with Crippen molar-refractivity contribution in [3.05, 3.63) is 0 Å². The molecule has 3 nitrogen and oxygen atoms in total. The number of oxime groups is 1. The van der Waals surface area contributed by atoms with Gasteiger partial charge >= 0.3 is 0 Å². The zero-order valence-corrected chi connectivity index (χ0v) is 8.69. The number of hydrogen-bond acceptors (Lipinski definition) is 3. The van der Waals surface area contributed by atoms with Gasteiger partial charge in [0.1, 0.15) is 7.11 Å². The van der Waals surface area contributed by atoms with Gasteiger partial charge in [-0.1, -0.05) is 19.0 Å². The van der Waals surface area contributed by atoms with Gasteiger partial charge in [-0.25, -0.2) is 0 Å². The third-order valence-electron chi connectivity index (χ3n) is 2.48. The SMILES string of the molecule is CO/N=C/C1CCOC(C(C)C)C1. The Morgan fingerprint density at radius 1 is 1.54 bits per heavy atom. The van der Waals surface area contributed by atoms with Crippen LogP contribution in [-0.4, -0.2) is 26.0 Å². The Kier molecular flexibility index (Phi) is 4.22. The van der Waals surface area contributed by atoms with Crippen LogP contribution in [-0.2, 0) is 9.57 Å². The third-order valence-corrected chi connectivity index (χ3v) is 2.48. The van der Waals surface area contributed by atoms with Crippen LogP contribution in [0.4, 0.5) is 0 Å². The first kappa shape index (κ1) is 10.5. The van der Waals surface area contributed by atoms with Crippen molar-refractivity contribution in [3.63, 3.8) is 0 Å². The predicted octanol–water partition coefficient (Wildman–Crippen LogP) is 2.07. The van der Waals surface area contributed by atoms with Crippen molar-refractivity contribution in [2.24, 2.45) is 17.0 Å². The molecule has 1 aliphatic rings. The summed E-state index contributed by atoms with van der Waals surface area (Å²) in [5.74, 6) is 1.12. The van der Waals surface area contributed by atoms with E-state index in [0.29, 0.717) is 17.9 Å². The van der Waals surface area contributed by atoms with Gasteiger partial charge in [-0.05, 0) is 18.8 Å². The van der Waals surface area contributed by atoms with E-state index in [2.05, 4.69) is 23.8 Å². The molecule has 2 atom stereocenters. The minimum absolute atomic E-state index is 0.391. The average Bonchev–Trinajstić information content (AvgIpc) is 2.15. The number of rotatable bonds is 3. The van der Waals surface area contributed by atoms with Crippen LogP contribution in [0.15, 0.2) is 5.16 Å². The Bertz CT molecular complexity index is 168. The molecule has 0 spiro atoms. The summed E-state index contributed by atoms with van der Waals surface area (Å²) in [4.78, 5) is 4.67. The maximum atomic E-state index is 5.65. The maximum Gasteiger partial charge on any atom is 0.106 e. The monoisotopic (exact) mass is 185 g/mol. The molecule has 0 amide bonds. The Morgan fingerprint density at radius 3 is 2.92 bits per heavy atom. The Hall–Kier alpha value is -0.570. The second-order valence-corrected chi connectivity index (χ2v) is 3.87. The molecule has 1 saturated heterocycles. The fraction of sp³-hybridized carbons (Fsp3) is 0.900. The lowest BCUT2D eigenvalue weighted by Crippen LogP contribution is -2.30. The van der Waals surface area contributed by atoms with Crippen LogP contribution in [0.1, 0.15) is 26.7 Å². The molecule has 1 heterocycles. The second-order valence-electron chi connectivity index (χ2n) is 3.87. The van der Waals surface area contributed by atoms with E-state index in [-0.39, 0.29) is 0 Å². The van der Waals surface area contributed by atoms with E-state index in [1.807, 2.05) is 6.21 Å². The average molecular weight is 185 g/mol. The van der Waals surface area contributed by atoms with Gasteiger partial charge in [-0.3, -0.25) is 0 Å². The molecule has 0 N–H and O–H groups in total. The first-order chi connectivity index (χ1) is 6.24. The van der Waals surface area contributed by atoms with Crippen LogP contribution in [0.25, 0.3) is 0 Å². The van der Waals surface area contributed by atoms with E-state index < -0.39 is 0 Å². The molecule has 0 bridgehead atoms.